The Morgan fingerprint density at radius 1 is 1.33 bits per heavy atom. The minimum Gasteiger partial charge on any atom is -0.493 e. The first-order chi connectivity index (χ1) is 14.4. The van der Waals surface area contributed by atoms with Crippen molar-refractivity contribution in [3.8, 4) is 5.75 Å². The van der Waals surface area contributed by atoms with Crippen LogP contribution in [0, 0.1) is 5.92 Å². The Bertz CT molecular complexity index is 722. The Morgan fingerprint density at radius 2 is 2.13 bits per heavy atom. The lowest BCUT2D eigenvalue weighted by Crippen LogP contribution is -2.58. The van der Waals surface area contributed by atoms with Gasteiger partial charge in [0.1, 0.15) is 11.8 Å². The summed E-state index contributed by atoms with van der Waals surface area (Å²) in [4.78, 5) is 38.5. The maximum atomic E-state index is 12.8. The molecule has 1 heterocycles. The van der Waals surface area contributed by atoms with E-state index in [1.165, 1.54) is 4.90 Å². The van der Waals surface area contributed by atoms with Crippen LogP contribution in [0.2, 0.25) is 0 Å². The van der Waals surface area contributed by atoms with Crippen LogP contribution in [0.25, 0.3) is 0 Å². The van der Waals surface area contributed by atoms with Crippen LogP contribution in [0.3, 0.4) is 0 Å². The van der Waals surface area contributed by atoms with Crippen LogP contribution in [0.4, 0.5) is 5.69 Å². The maximum absolute atomic E-state index is 12.8. The van der Waals surface area contributed by atoms with E-state index < -0.39 is 12.0 Å². The zero-order valence-corrected chi connectivity index (χ0v) is 18.1. The fraction of sp³-hybridized carbons (Fsp3) is 0.591. The highest BCUT2D eigenvalue weighted by Crippen LogP contribution is 2.18. The predicted octanol–water partition coefficient (Wildman–Crippen LogP) is 2.19. The second-order valence-electron chi connectivity index (χ2n) is 7.76. The smallest absolute Gasteiger partial charge is 0.308 e. The molecule has 0 saturated carbocycles. The highest BCUT2D eigenvalue weighted by molar-refractivity contribution is 5.93. The largest absolute Gasteiger partial charge is 0.493 e. The number of rotatable bonds is 11. The number of carbonyl (C=O) groups is 3. The Balaban J connectivity index is 1.92. The molecule has 30 heavy (non-hydrogen) atoms. The van der Waals surface area contributed by atoms with Gasteiger partial charge in [-0.05, 0) is 24.5 Å². The number of ether oxygens (including phenoxy) is 2. The molecule has 2 amide bonds. The molecule has 2 N–H and O–H groups in total. The number of carbonyl (C=O) groups excluding carboxylic acids is 3. The summed E-state index contributed by atoms with van der Waals surface area (Å²) >= 11 is 0. The van der Waals surface area contributed by atoms with Crippen LogP contribution in [0.1, 0.15) is 40.0 Å². The molecule has 1 unspecified atom stereocenters. The molecule has 8 heteroatoms. The van der Waals surface area contributed by atoms with Crippen LogP contribution >= 0.6 is 0 Å². The van der Waals surface area contributed by atoms with Crippen LogP contribution in [-0.2, 0) is 19.1 Å². The van der Waals surface area contributed by atoms with Gasteiger partial charge in [0.25, 0.3) is 0 Å². The van der Waals surface area contributed by atoms with Gasteiger partial charge < -0.3 is 25.0 Å². The number of hydrogen-bond acceptors (Lipinski definition) is 6. The maximum Gasteiger partial charge on any atom is 0.308 e. The highest BCUT2D eigenvalue weighted by atomic mass is 16.5. The molecule has 0 spiro atoms. The molecule has 1 aliphatic heterocycles. The van der Waals surface area contributed by atoms with Crippen molar-refractivity contribution >= 4 is 23.5 Å². The average Bonchev–Trinajstić information content (AvgIpc) is 2.72. The summed E-state index contributed by atoms with van der Waals surface area (Å²) in [5, 5.41) is 5.80. The first-order valence-corrected chi connectivity index (χ1v) is 10.6. The van der Waals surface area contributed by atoms with Crippen molar-refractivity contribution in [3.05, 3.63) is 24.3 Å². The van der Waals surface area contributed by atoms with Crippen molar-refractivity contribution < 1.29 is 23.9 Å². The van der Waals surface area contributed by atoms with Gasteiger partial charge in [0.15, 0.2) is 0 Å². The summed E-state index contributed by atoms with van der Waals surface area (Å²) in [6.45, 7) is 7.83. The Kier molecular flexibility index (Phi) is 9.44. The van der Waals surface area contributed by atoms with Crippen molar-refractivity contribution in [1.82, 2.24) is 10.2 Å². The van der Waals surface area contributed by atoms with E-state index in [-0.39, 0.29) is 24.8 Å². The van der Waals surface area contributed by atoms with Gasteiger partial charge in [-0.1, -0.05) is 33.3 Å². The number of amides is 2. The SMILES string of the molecule is CCCCOC(=O)CC1C(=O)NCCN1C(=O)CNc1cccc(OCC(C)C)c1. The van der Waals surface area contributed by atoms with E-state index in [1.807, 2.05) is 31.2 Å². The lowest BCUT2D eigenvalue weighted by atomic mass is 10.1. The molecule has 1 atom stereocenters. The number of nitrogens with one attached hydrogen (secondary N) is 2. The van der Waals surface area contributed by atoms with Crippen molar-refractivity contribution in [2.24, 2.45) is 5.92 Å². The van der Waals surface area contributed by atoms with Crippen LogP contribution < -0.4 is 15.4 Å². The molecule has 0 aliphatic carbocycles. The number of piperazine rings is 1. The first kappa shape index (κ1) is 23.5. The lowest BCUT2D eigenvalue weighted by molar-refractivity contribution is -0.151. The molecule has 1 fully saturated rings. The molecule has 0 aromatic heterocycles. The number of nitrogens with zero attached hydrogens (tertiary/aromatic N) is 1. The van der Waals surface area contributed by atoms with Gasteiger partial charge in [0, 0.05) is 24.8 Å². The molecule has 8 nitrogen and oxygen atoms in total. The zero-order valence-electron chi connectivity index (χ0n) is 18.1. The van der Waals surface area contributed by atoms with E-state index in [2.05, 4.69) is 24.5 Å². The van der Waals surface area contributed by atoms with E-state index >= 15 is 0 Å². The van der Waals surface area contributed by atoms with Crippen LogP contribution in [-0.4, -0.2) is 61.6 Å². The van der Waals surface area contributed by atoms with Gasteiger partial charge in [0.2, 0.25) is 11.8 Å². The van der Waals surface area contributed by atoms with Gasteiger partial charge in [-0.25, -0.2) is 0 Å². The second-order valence-corrected chi connectivity index (χ2v) is 7.76. The molecule has 166 valence electrons. The topological polar surface area (TPSA) is 97.0 Å². The molecule has 0 bridgehead atoms. The fourth-order valence-corrected chi connectivity index (χ4v) is 3.00. The summed E-state index contributed by atoms with van der Waals surface area (Å²) in [6, 6.07) is 6.56. The fourth-order valence-electron chi connectivity index (χ4n) is 3.00. The first-order valence-electron chi connectivity index (χ1n) is 10.6. The molecular weight excluding hydrogens is 386 g/mol. The van der Waals surface area contributed by atoms with Crippen molar-refractivity contribution in [1.29, 1.82) is 0 Å². The van der Waals surface area contributed by atoms with Gasteiger partial charge in [-0.15, -0.1) is 0 Å². The van der Waals surface area contributed by atoms with E-state index in [9.17, 15) is 14.4 Å². The van der Waals surface area contributed by atoms with Crippen LogP contribution in [0.5, 0.6) is 5.75 Å². The summed E-state index contributed by atoms with van der Waals surface area (Å²) in [5.74, 6) is 0.104. The molecule has 2 rings (SSSR count). The average molecular weight is 420 g/mol. The minimum atomic E-state index is -0.845. The number of unbranched alkanes of at least 4 members (excludes halogenated alkanes) is 1. The molecule has 1 aromatic rings. The predicted molar refractivity (Wildman–Crippen MR) is 114 cm³/mol. The zero-order chi connectivity index (χ0) is 21.9. The quantitative estimate of drug-likeness (QED) is 0.422. The van der Waals surface area contributed by atoms with Crippen molar-refractivity contribution in [2.45, 2.75) is 46.1 Å². The van der Waals surface area contributed by atoms with E-state index in [0.29, 0.717) is 32.2 Å². The monoisotopic (exact) mass is 419 g/mol. The standard InChI is InChI=1S/C22H33N3O5/c1-4-5-11-29-21(27)13-19-22(28)23-9-10-25(19)20(26)14-24-17-7-6-8-18(12-17)30-15-16(2)3/h6-8,12,16,19,24H,4-5,9-11,13-15H2,1-3H3,(H,23,28). The summed E-state index contributed by atoms with van der Waals surface area (Å²) in [7, 11) is 0. The van der Waals surface area contributed by atoms with E-state index in [1.54, 1.807) is 0 Å². The number of esters is 1. The Morgan fingerprint density at radius 3 is 2.87 bits per heavy atom. The Hall–Kier alpha value is -2.77. The normalized spacial score (nSPS) is 16.2. The summed E-state index contributed by atoms with van der Waals surface area (Å²) in [6.07, 6.45) is 1.55. The lowest BCUT2D eigenvalue weighted by Gasteiger charge is -2.34. The minimum absolute atomic E-state index is 0.0162. The van der Waals surface area contributed by atoms with Gasteiger partial charge in [-0.3, -0.25) is 14.4 Å². The third-order valence-corrected chi connectivity index (χ3v) is 4.63. The summed E-state index contributed by atoms with van der Waals surface area (Å²) < 4.78 is 10.9. The molecule has 1 aromatic carbocycles. The number of anilines is 1. The van der Waals surface area contributed by atoms with Crippen molar-refractivity contribution in [2.75, 3.05) is 38.2 Å². The Labute approximate surface area is 178 Å². The third kappa shape index (κ3) is 7.57. The van der Waals surface area contributed by atoms with E-state index in [4.69, 9.17) is 9.47 Å². The second kappa shape index (κ2) is 12.0. The molecule has 1 saturated heterocycles. The van der Waals surface area contributed by atoms with E-state index in [0.717, 1.165) is 24.3 Å². The summed E-state index contributed by atoms with van der Waals surface area (Å²) in [5.41, 5.74) is 0.751. The molecule has 1 aliphatic rings. The van der Waals surface area contributed by atoms with Gasteiger partial charge in [0.05, 0.1) is 26.2 Å². The van der Waals surface area contributed by atoms with Crippen LogP contribution in [0.15, 0.2) is 24.3 Å². The molecular formula is C22H33N3O5. The third-order valence-electron chi connectivity index (χ3n) is 4.63. The number of hydrogen-bond donors (Lipinski definition) is 2. The molecule has 0 radical (unpaired) electrons. The van der Waals surface area contributed by atoms with Crippen molar-refractivity contribution in [3.63, 3.8) is 0 Å². The van der Waals surface area contributed by atoms with Gasteiger partial charge >= 0.3 is 5.97 Å². The number of benzene rings is 1. The highest BCUT2D eigenvalue weighted by Gasteiger charge is 2.34. The van der Waals surface area contributed by atoms with Gasteiger partial charge in [-0.2, -0.15) is 0 Å².